The van der Waals surface area contributed by atoms with Gasteiger partial charge in [-0.1, -0.05) is 0 Å². The SMILES string of the molecule is CC[N+](C)(CCO)C(N)=O. The Kier molecular flexibility index (Phi) is 3.32. The third kappa shape index (κ3) is 1.97. The molecule has 2 amide bonds. The minimum atomic E-state index is -0.392. The van der Waals surface area contributed by atoms with E-state index in [1.165, 1.54) is 0 Å². The van der Waals surface area contributed by atoms with Crippen molar-refractivity contribution < 1.29 is 14.4 Å². The third-order valence-electron chi connectivity index (χ3n) is 1.82. The van der Waals surface area contributed by atoms with Gasteiger partial charge in [0, 0.05) is 0 Å². The number of amides is 2. The summed E-state index contributed by atoms with van der Waals surface area (Å²) in [5.74, 6) is 0. The van der Waals surface area contributed by atoms with E-state index in [-0.39, 0.29) is 11.1 Å². The lowest BCUT2D eigenvalue weighted by Gasteiger charge is -2.26. The number of likely N-dealkylation sites (N-methyl/N-ethyl adjacent to an activating group) is 1. The number of primary amides is 1. The van der Waals surface area contributed by atoms with Gasteiger partial charge < -0.3 is 10.8 Å². The second kappa shape index (κ2) is 3.53. The van der Waals surface area contributed by atoms with E-state index in [2.05, 4.69) is 0 Å². The number of nitrogens with zero attached hydrogens (tertiary/aromatic N) is 1. The monoisotopic (exact) mass is 147 g/mol. The number of aliphatic hydroxyl groups excluding tert-OH is 1. The van der Waals surface area contributed by atoms with Crippen LogP contribution in [-0.2, 0) is 0 Å². The van der Waals surface area contributed by atoms with Crippen LogP contribution >= 0.6 is 0 Å². The van der Waals surface area contributed by atoms with Crippen molar-refractivity contribution in [3.05, 3.63) is 0 Å². The second-order valence-electron chi connectivity index (χ2n) is 2.50. The molecule has 1 atom stereocenters. The van der Waals surface area contributed by atoms with Crippen LogP contribution in [0.15, 0.2) is 0 Å². The van der Waals surface area contributed by atoms with Gasteiger partial charge in [-0.3, -0.25) is 0 Å². The molecular weight excluding hydrogens is 132 g/mol. The van der Waals surface area contributed by atoms with Crippen LogP contribution in [0.25, 0.3) is 0 Å². The van der Waals surface area contributed by atoms with E-state index in [1.54, 1.807) is 7.05 Å². The first kappa shape index (κ1) is 9.39. The lowest BCUT2D eigenvalue weighted by molar-refractivity contribution is -0.827. The van der Waals surface area contributed by atoms with Gasteiger partial charge in [-0.2, -0.15) is 0 Å². The molecule has 0 aromatic carbocycles. The zero-order chi connectivity index (χ0) is 8.20. The largest absolute Gasteiger partial charge is 0.413 e. The molecule has 0 fully saturated rings. The summed E-state index contributed by atoms with van der Waals surface area (Å²) in [5.41, 5.74) is 5.09. The van der Waals surface area contributed by atoms with Crippen molar-refractivity contribution in [2.24, 2.45) is 5.73 Å². The highest BCUT2D eigenvalue weighted by atomic mass is 16.3. The highest BCUT2D eigenvalue weighted by molar-refractivity contribution is 5.64. The van der Waals surface area contributed by atoms with Crippen molar-refractivity contribution in [3.63, 3.8) is 0 Å². The number of rotatable bonds is 3. The van der Waals surface area contributed by atoms with Crippen LogP contribution in [0.1, 0.15) is 6.92 Å². The van der Waals surface area contributed by atoms with Gasteiger partial charge in [0.15, 0.2) is 0 Å². The maximum absolute atomic E-state index is 10.7. The predicted molar refractivity (Wildman–Crippen MR) is 38.3 cm³/mol. The van der Waals surface area contributed by atoms with Gasteiger partial charge in [-0.25, -0.2) is 9.28 Å². The molecular formula is C6H15N2O2+. The van der Waals surface area contributed by atoms with Crippen molar-refractivity contribution in [2.75, 3.05) is 26.7 Å². The lowest BCUT2D eigenvalue weighted by Crippen LogP contribution is -2.53. The van der Waals surface area contributed by atoms with E-state index in [4.69, 9.17) is 10.8 Å². The smallest absolute Gasteiger partial charge is 0.390 e. The zero-order valence-electron chi connectivity index (χ0n) is 6.50. The van der Waals surface area contributed by atoms with Crippen LogP contribution in [0, 0.1) is 0 Å². The number of carbonyl (C=O) groups is 1. The van der Waals surface area contributed by atoms with E-state index in [9.17, 15) is 4.79 Å². The normalized spacial score (nSPS) is 16.3. The summed E-state index contributed by atoms with van der Waals surface area (Å²) in [5, 5.41) is 8.56. The highest BCUT2D eigenvalue weighted by Gasteiger charge is 2.25. The number of quaternary nitrogens is 1. The number of nitrogens with two attached hydrogens (primary N) is 1. The first-order valence-electron chi connectivity index (χ1n) is 3.32. The molecule has 0 spiro atoms. The molecule has 3 N–H and O–H groups in total. The van der Waals surface area contributed by atoms with Gasteiger partial charge >= 0.3 is 6.03 Å². The van der Waals surface area contributed by atoms with Crippen LogP contribution in [0.2, 0.25) is 0 Å². The summed E-state index contributed by atoms with van der Waals surface area (Å²) in [6, 6.07) is -0.392. The van der Waals surface area contributed by atoms with E-state index >= 15 is 0 Å². The molecule has 0 aromatic rings. The fourth-order valence-electron chi connectivity index (χ4n) is 0.645. The van der Waals surface area contributed by atoms with Crippen LogP contribution in [0.4, 0.5) is 4.79 Å². The molecule has 4 heteroatoms. The van der Waals surface area contributed by atoms with Gasteiger partial charge in [0.25, 0.3) is 0 Å². The minimum Gasteiger partial charge on any atom is -0.390 e. The number of carbonyl (C=O) groups excluding carboxylic acids is 1. The first-order valence-corrected chi connectivity index (χ1v) is 3.32. The van der Waals surface area contributed by atoms with Crippen molar-refractivity contribution in [3.8, 4) is 0 Å². The molecule has 0 aliphatic carbocycles. The van der Waals surface area contributed by atoms with E-state index < -0.39 is 6.03 Å². The Morgan fingerprint density at radius 2 is 2.20 bits per heavy atom. The van der Waals surface area contributed by atoms with Crippen molar-refractivity contribution in [2.45, 2.75) is 6.92 Å². The molecule has 0 heterocycles. The van der Waals surface area contributed by atoms with Crippen LogP contribution in [0.5, 0.6) is 0 Å². The third-order valence-corrected chi connectivity index (χ3v) is 1.82. The van der Waals surface area contributed by atoms with E-state index in [0.29, 0.717) is 13.1 Å². The molecule has 0 aromatic heterocycles. The molecule has 60 valence electrons. The zero-order valence-corrected chi connectivity index (χ0v) is 6.50. The predicted octanol–water partition coefficient (Wildman–Crippen LogP) is -0.476. The summed E-state index contributed by atoms with van der Waals surface area (Å²) in [7, 11) is 1.71. The fraction of sp³-hybridized carbons (Fsp3) is 0.833. The quantitative estimate of drug-likeness (QED) is 0.530. The molecule has 4 nitrogen and oxygen atoms in total. The summed E-state index contributed by atoms with van der Waals surface area (Å²) in [4.78, 5) is 10.7. The van der Waals surface area contributed by atoms with Crippen LogP contribution in [-0.4, -0.2) is 42.4 Å². The number of urea groups is 1. The lowest BCUT2D eigenvalue weighted by atomic mass is 10.4. The molecule has 0 aliphatic rings. The number of aliphatic hydroxyl groups is 1. The van der Waals surface area contributed by atoms with Gasteiger partial charge in [-0.05, 0) is 6.92 Å². The van der Waals surface area contributed by atoms with E-state index in [1.807, 2.05) is 6.92 Å². The van der Waals surface area contributed by atoms with Crippen LogP contribution in [0.3, 0.4) is 0 Å². The Labute approximate surface area is 60.8 Å². The topological polar surface area (TPSA) is 63.3 Å². The Bertz CT molecular complexity index is 127. The highest BCUT2D eigenvalue weighted by Crippen LogP contribution is 1.98. The molecule has 0 radical (unpaired) electrons. The van der Waals surface area contributed by atoms with Crippen molar-refractivity contribution in [1.29, 1.82) is 0 Å². The maximum Gasteiger partial charge on any atom is 0.413 e. The van der Waals surface area contributed by atoms with Gasteiger partial charge in [0.05, 0.1) is 20.2 Å². The average molecular weight is 147 g/mol. The van der Waals surface area contributed by atoms with Gasteiger partial charge in [0.2, 0.25) is 0 Å². The minimum absolute atomic E-state index is 0.00667. The molecule has 0 rings (SSSR count). The van der Waals surface area contributed by atoms with Crippen LogP contribution < -0.4 is 5.73 Å². The molecule has 0 saturated carbocycles. The second-order valence-corrected chi connectivity index (χ2v) is 2.50. The Balaban J connectivity index is 4.08. The first-order chi connectivity index (χ1) is 4.56. The van der Waals surface area contributed by atoms with Gasteiger partial charge in [0.1, 0.15) is 6.54 Å². The summed E-state index contributed by atoms with van der Waals surface area (Å²) in [6.07, 6.45) is 0. The molecule has 0 aliphatic heterocycles. The average Bonchev–Trinajstić information content (AvgIpc) is 1.88. The molecule has 0 bridgehead atoms. The molecule has 0 saturated heterocycles. The summed E-state index contributed by atoms with van der Waals surface area (Å²) in [6.45, 7) is 2.87. The Hall–Kier alpha value is -0.610. The maximum atomic E-state index is 10.7. The fourth-order valence-corrected chi connectivity index (χ4v) is 0.645. The summed E-state index contributed by atoms with van der Waals surface area (Å²) >= 11 is 0. The van der Waals surface area contributed by atoms with Gasteiger partial charge in [-0.15, -0.1) is 0 Å². The number of hydrogen-bond donors (Lipinski definition) is 2. The molecule has 10 heavy (non-hydrogen) atoms. The van der Waals surface area contributed by atoms with Crippen molar-refractivity contribution in [1.82, 2.24) is 0 Å². The Morgan fingerprint density at radius 1 is 1.70 bits per heavy atom. The number of hydrogen-bond acceptors (Lipinski definition) is 2. The Morgan fingerprint density at radius 3 is 2.30 bits per heavy atom. The molecule has 1 unspecified atom stereocenters. The summed E-state index contributed by atoms with van der Waals surface area (Å²) < 4.78 is 0.108. The van der Waals surface area contributed by atoms with E-state index in [0.717, 1.165) is 0 Å². The van der Waals surface area contributed by atoms with Crippen molar-refractivity contribution >= 4 is 6.03 Å². The standard InChI is InChI=1S/C6H14N2O2/c1-3-8(2,4-5-9)6(7)10/h9H,3-5H2,1-2H3,(H-,7,10)/p+1.